The van der Waals surface area contributed by atoms with Crippen molar-refractivity contribution in [2.24, 2.45) is 0 Å². The molecule has 1 N–H and O–H groups in total. The summed E-state index contributed by atoms with van der Waals surface area (Å²) < 4.78 is 33.3. The molecular formula is C23H31NO7. The molecule has 0 aliphatic carbocycles. The highest BCUT2D eigenvalue weighted by Gasteiger charge is 2.32. The largest absolute Gasteiger partial charge is 0.507 e. The molecule has 8 nitrogen and oxygen atoms in total. The molecule has 0 spiro atoms. The zero-order valence-corrected chi connectivity index (χ0v) is 19.0. The van der Waals surface area contributed by atoms with Gasteiger partial charge in [-0.1, -0.05) is 0 Å². The maximum atomic E-state index is 11.0. The van der Waals surface area contributed by atoms with Gasteiger partial charge in [-0.3, -0.25) is 4.90 Å². The van der Waals surface area contributed by atoms with Gasteiger partial charge >= 0.3 is 0 Å². The molecule has 1 aliphatic rings. The van der Waals surface area contributed by atoms with E-state index in [0.29, 0.717) is 60.6 Å². The van der Waals surface area contributed by atoms with Crippen molar-refractivity contribution in [2.75, 3.05) is 61.9 Å². The van der Waals surface area contributed by atoms with Crippen LogP contribution in [0.5, 0.6) is 34.5 Å². The third kappa shape index (κ3) is 4.31. The maximum absolute atomic E-state index is 11.0. The second-order valence-electron chi connectivity index (χ2n) is 7.18. The van der Waals surface area contributed by atoms with Gasteiger partial charge in [-0.15, -0.1) is 0 Å². The van der Waals surface area contributed by atoms with E-state index in [1.807, 2.05) is 19.1 Å². The first-order chi connectivity index (χ1) is 15.0. The van der Waals surface area contributed by atoms with E-state index < -0.39 is 0 Å². The van der Waals surface area contributed by atoms with Gasteiger partial charge in [0.1, 0.15) is 5.75 Å². The lowest BCUT2D eigenvalue weighted by atomic mass is 9.91. The maximum Gasteiger partial charge on any atom is 0.203 e. The highest BCUT2D eigenvalue weighted by Crippen LogP contribution is 2.48. The molecule has 0 amide bonds. The molecule has 1 atom stereocenters. The van der Waals surface area contributed by atoms with Gasteiger partial charge in [-0.2, -0.15) is 0 Å². The van der Waals surface area contributed by atoms with Crippen molar-refractivity contribution in [3.63, 3.8) is 0 Å². The SMILES string of the molecule is COc1cc(O)c([C@@H](c2cc(OC)c(OC)c(OC)c2C)N2CCOCC2)cc1OC. The Kier molecular flexibility index (Phi) is 7.35. The molecule has 2 aromatic carbocycles. The van der Waals surface area contributed by atoms with E-state index >= 15 is 0 Å². The third-order valence-corrected chi connectivity index (χ3v) is 5.65. The van der Waals surface area contributed by atoms with Gasteiger partial charge in [-0.05, 0) is 24.6 Å². The number of phenols is 1. The third-order valence-electron chi connectivity index (χ3n) is 5.65. The Morgan fingerprint density at radius 2 is 1.32 bits per heavy atom. The molecule has 170 valence electrons. The molecule has 31 heavy (non-hydrogen) atoms. The highest BCUT2D eigenvalue weighted by molar-refractivity contribution is 5.62. The standard InChI is InChI=1S/C23H31NO7/c1-14-15(11-20(28-4)23(30-6)22(14)29-5)21(24-7-9-31-10-8-24)16-12-18(26-2)19(27-3)13-17(16)25/h11-13,21,25H,7-10H2,1-6H3/t21-/m1/s1. The van der Waals surface area contributed by atoms with Crippen LogP contribution in [-0.2, 0) is 4.74 Å². The van der Waals surface area contributed by atoms with Crippen LogP contribution in [0.25, 0.3) is 0 Å². The minimum Gasteiger partial charge on any atom is -0.507 e. The van der Waals surface area contributed by atoms with E-state index in [1.165, 1.54) is 0 Å². The van der Waals surface area contributed by atoms with Gasteiger partial charge in [0.25, 0.3) is 0 Å². The monoisotopic (exact) mass is 433 g/mol. The minimum atomic E-state index is -0.294. The summed E-state index contributed by atoms with van der Waals surface area (Å²) in [6.07, 6.45) is 0. The number of ether oxygens (including phenoxy) is 6. The number of aromatic hydroxyl groups is 1. The Morgan fingerprint density at radius 3 is 1.87 bits per heavy atom. The minimum absolute atomic E-state index is 0.113. The Morgan fingerprint density at radius 1 is 0.774 bits per heavy atom. The number of morpholine rings is 1. The van der Waals surface area contributed by atoms with Gasteiger partial charge in [0.15, 0.2) is 23.0 Å². The summed E-state index contributed by atoms with van der Waals surface area (Å²) in [6.45, 7) is 4.59. The van der Waals surface area contributed by atoms with Crippen LogP contribution in [0.3, 0.4) is 0 Å². The van der Waals surface area contributed by atoms with E-state index in [-0.39, 0.29) is 11.8 Å². The molecule has 1 saturated heterocycles. The predicted octanol–water partition coefficient (Wildman–Crippen LogP) is 3.17. The van der Waals surface area contributed by atoms with E-state index in [4.69, 9.17) is 28.4 Å². The fourth-order valence-corrected chi connectivity index (χ4v) is 4.10. The van der Waals surface area contributed by atoms with Crippen LogP contribution >= 0.6 is 0 Å². The van der Waals surface area contributed by atoms with Gasteiger partial charge < -0.3 is 33.5 Å². The number of benzene rings is 2. The summed E-state index contributed by atoms with van der Waals surface area (Å²) in [5.41, 5.74) is 2.52. The molecule has 8 heteroatoms. The summed E-state index contributed by atoms with van der Waals surface area (Å²) in [7, 11) is 7.89. The lowest BCUT2D eigenvalue weighted by Crippen LogP contribution is -2.39. The van der Waals surface area contributed by atoms with Gasteiger partial charge in [0, 0.05) is 30.3 Å². The Hall–Kier alpha value is -2.84. The van der Waals surface area contributed by atoms with E-state index in [1.54, 1.807) is 41.6 Å². The predicted molar refractivity (Wildman–Crippen MR) is 116 cm³/mol. The van der Waals surface area contributed by atoms with Crippen molar-refractivity contribution in [3.8, 4) is 34.5 Å². The second-order valence-corrected chi connectivity index (χ2v) is 7.18. The molecule has 0 aromatic heterocycles. The number of methoxy groups -OCH3 is 5. The topological polar surface area (TPSA) is 78.9 Å². The second kappa shape index (κ2) is 9.98. The zero-order chi connectivity index (χ0) is 22.5. The van der Waals surface area contributed by atoms with Crippen molar-refractivity contribution in [1.82, 2.24) is 4.90 Å². The summed E-state index contributed by atoms with van der Waals surface area (Å²) in [5.74, 6) is 2.80. The van der Waals surface area contributed by atoms with Crippen molar-refractivity contribution in [1.29, 1.82) is 0 Å². The van der Waals surface area contributed by atoms with Crippen molar-refractivity contribution < 1.29 is 33.5 Å². The zero-order valence-electron chi connectivity index (χ0n) is 19.0. The van der Waals surface area contributed by atoms with Gasteiger partial charge in [-0.25, -0.2) is 0 Å². The van der Waals surface area contributed by atoms with Crippen LogP contribution < -0.4 is 23.7 Å². The van der Waals surface area contributed by atoms with Gasteiger partial charge in [0.2, 0.25) is 5.75 Å². The van der Waals surface area contributed by atoms with Crippen LogP contribution in [0.1, 0.15) is 22.7 Å². The van der Waals surface area contributed by atoms with Crippen molar-refractivity contribution >= 4 is 0 Å². The number of rotatable bonds is 8. The molecule has 1 aliphatic heterocycles. The van der Waals surface area contributed by atoms with Crippen LogP contribution in [0.4, 0.5) is 0 Å². The lowest BCUT2D eigenvalue weighted by molar-refractivity contribution is 0.0233. The molecule has 2 aromatic rings. The summed E-state index contributed by atoms with van der Waals surface area (Å²) in [4.78, 5) is 2.26. The normalized spacial score (nSPS) is 15.3. The van der Waals surface area contributed by atoms with Crippen LogP contribution in [-0.4, -0.2) is 71.9 Å². The molecule has 1 heterocycles. The van der Waals surface area contributed by atoms with E-state index in [2.05, 4.69) is 4.90 Å². The fourth-order valence-electron chi connectivity index (χ4n) is 4.10. The van der Waals surface area contributed by atoms with Crippen LogP contribution in [0, 0.1) is 6.92 Å². The van der Waals surface area contributed by atoms with E-state index in [9.17, 15) is 5.11 Å². The Balaban J connectivity index is 2.27. The molecule has 3 rings (SSSR count). The fraction of sp³-hybridized carbons (Fsp3) is 0.478. The highest BCUT2D eigenvalue weighted by atomic mass is 16.5. The first-order valence-corrected chi connectivity index (χ1v) is 10.1. The van der Waals surface area contributed by atoms with Crippen molar-refractivity contribution in [3.05, 3.63) is 34.9 Å². The number of hydrogen-bond donors (Lipinski definition) is 1. The smallest absolute Gasteiger partial charge is 0.203 e. The lowest BCUT2D eigenvalue weighted by Gasteiger charge is -2.36. The molecule has 0 saturated carbocycles. The summed E-state index contributed by atoms with van der Waals surface area (Å²) in [5, 5.41) is 11.0. The number of nitrogens with zero attached hydrogens (tertiary/aromatic N) is 1. The Labute approximate surface area is 183 Å². The molecule has 0 bridgehead atoms. The molecule has 0 radical (unpaired) electrons. The Bertz CT molecular complexity index is 910. The summed E-state index contributed by atoms with van der Waals surface area (Å²) >= 11 is 0. The van der Waals surface area contributed by atoms with Crippen molar-refractivity contribution in [2.45, 2.75) is 13.0 Å². The summed E-state index contributed by atoms with van der Waals surface area (Å²) in [6, 6.07) is 5.04. The first-order valence-electron chi connectivity index (χ1n) is 10.1. The number of hydrogen-bond acceptors (Lipinski definition) is 8. The first kappa shape index (κ1) is 22.8. The molecular weight excluding hydrogens is 402 g/mol. The average Bonchev–Trinajstić information content (AvgIpc) is 2.81. The number of phenolic OH excluding ortho intramolecular Hbond substituents is 1. The van der Waals surface area contributed by atoms with E-state index in [0.717, 1.165) is 11.1 Å². The van der Waals surface area contributed by atoms with Crippen LogP contribution in [0.15, 0.2) is 18.2 Å². The molecule has 1 fully saturated rings. The van der Waals surface area contributed by atoms with Crippen LogP contribution in [0.2, 0.25) is 0 Å². The van der Waals surface area contributed by atoms with Gasteiger partial charge in [0.05, 0.1) is 54.8 Å². The quantitative estimate of drug-likeness (QED) is 0.680. The molecule has 0 unspecified atom stereocenters. The average molecular weight is 434 g/mol.